The number of hydrogen-bond acceptors (Lipinski definition) is 4. The van der Waals surface area contributed by atoms with Gasteiger partial charge in [0.05, 0.1) is 12.1 Å². The topological polar surface area (TPSA) is 66.1 Å². The van der Waals surface area contributed by atoms with Crippen molar-refractivity contribution in [1.82, 2.24) is 14.9 Å². The van der Waals surface area contributed by atoms with Crippen LogP contribution in [0.4, 0.5) is 0 Å². The lowest BCUT2D eigenvalue weighted by Crippen LogP contribution is -2.30. The van der Waals surface area contributed by atoms with Gasteiger partial charge in [0.1, 0.15) is 10.5 Å². The van der Waals surface area contributed by atoms with Crippen molar-refractivity contribution in [1.29, 1.82) is 0 Å². The van der Waals surface area contributed by atoms with Crippen LogP contribution < -0.4 is 5.56 Å². The third-order valence-electron chi connectivity index (χ3n) is 5.07. The standard InChI is InChI=1S/C16H19N3O2S/c1-19(16(21)13-9-4-2-3-5-10(9)13)8-12-17-11-6-7-22-14(11)15(20)18-12/h6-7,9-10,13H,2-5,8H2,1H3,(H,17,18,20). The number of carbonyl (C=O) groups is 1. The maximum absolute atomic E-state index is 12.6. The molecule has 4 rings (SSSR count). The molecule has 0 aliphatic heterocycles. The first kappa shape index (κ1) is 13.9. The molecule has 1 N–H and O–H groups in total. The van der Waals surface area contributed by atoms with Gasteiger partial charge < -0.3 is 9.88 Å². The zero-order valence-electron chi connectivity index (χ0n) is 12.5. The number of nitrogens with one attached hydrogen (secondary N) is 1. The SMILES string of the molecule is CN(Cc1nc2ccsc2c(=O)[nH]1)C(=O)C1C2CCCCC21. The van der Waals surface area contributed by atoms with E-state index in [0.29, 0.717) is 34.4 Å². The lowest BCUT2D eigenvalue weighted by atomic mass is 10.0. The summed E-state index contributed by atoms with van der Waals surface area (Å²) in [4.78, 5) is 33.5. The molecule has 22 heavy (non-hydrogen) atoms. The number of fused-ring (bicyclic) bond motifs is 2. The van der Waals surface area contributed by atoms with E-state index in [1.54, 1.807) is 4.90 Å². The zero-order valence-corrected chi connectivity index (χ0v) is 13.4. The molecule has 2 heterocycles. The molecule has 2 aliphatic rings. The van der Waals surface area contributed by atoms with Gasteiger partial charge in [0.2, 0.25) is 5.91 Å². The second kappa shape index (κ2) is 5.19. The summed E-state index contributed by atoms with van der Waals surface area (Å²) in [6, 6.07) is 1.84. The Morgan fingerprint density at radius 2 is 2.14 bits per heavy atom. The summed E-state index contributed by atoms with van der Waals surface area (Å²) < 4.78 is 0.644. The second-order valence-corrected chi connectivity index (χ2v) is 7.40. The Kier molecular flexibility index (Phi) is 3.29. The first-order chi connectivity index (χ1) is 10.6. The third-order valence-corrected chi connectivity index (χ3v) is 5.97. The number of hydrogen-bond donors (Lipinski definition) is 1. The molecule has 5 nitrogen and oxygen atoms in total. The van der Waals surface area contributed by atoms with E-state index in [-0.39, 0.29) is 17.4 Å². The van der Waals surface area contributed by atoms with Crippen LogP contribution in [-0.2, 0) is 11.3 Å². The minimum absolute atomic E-state index is 0.115. The highest BCUT2D eigenvalue weighted by atomic mass is 32.1. The highest BCUT2D eigenvalue weighted by molar-refractivity contribution is 7.17. The minimum atomic E-state index is -0.115. The first-order valence-electron chi connectivity index (χ1n) is 7.86. The lowest BCUT2D eigenvalue weighted by Gasteiger charge is -2.16. The zero-order chi connectivity index (χ0) is 15.3. The molecule has 2 aliphatic carbocycles. The van der Waals surface area contributed by atoms with Gasteiger partial charge in [0.25, 0.3) is 5.56 Å². The summed E-state index contributed by atoms with van der Waals surface area (Å²) in [5, 5.41) is 1.86. The molecule has 0 radical (unpaired) electrons. The van der Waals surface area contributed by atoms with Gasteiger partial charge >= 0.3 is 0 Å². The molecule has 0 bridgehead atoms. The number of nitrogens with zero attached hydrogens (tertiary/aromatic N) is 2. The molecule has 0 saturated heterocycles. The number of carbonyl (C=O) groups excluding carboxylic acids is 1. The predicted octanol–water partition coefficient (Wildman–Crippen LogP) is 2.38. The molecule has 6 heteroatoms. The molecule has 2 aromatic heterocycles. The van der Waals surface area contributed by atoms with Crippen LogP contribution in [0.25, 0.3) is 10.2 Å². The third kappa shape index (κ3) is 2.26. The van der Waals surface area contributed by atoms with Crippen LogP contribution >= 0.6 is 11.3 Å². The number of aromatic nitrogens is 2. The van der Waals surface area contributed by atoms with E-state index in [0.717, 1.165) is 0 Å². The van der Waals surface area contributed by atoms with Crippen LogP contribution in [0.3, 0.4) is 0 Å². The van der Waals surface area contributed by atoms with E-state index >= 15 is 0 Å². The molecule has 0 aromatic carbocycles. The molecule has 116 valence electrons. The molecular weight excluding hydrogens is 298 g/mol. The Balaban J connectivity index is 1.50. The van der Waals surface area contributed by atoms with Crippen molar-refractivity contribution in [3.05, 3.63) is 27.6 Å². The lowest BCUT2D eigenvalue weighted by molar-refractivity contribution is -0.132. The summed E-state index contributed by atoms with van der Waals surface area (Å²) in [6.45, 7) is 0.371. The van der Waals surface area contributed by atoms with Crippen LogP contribution in [0.1, 0.15) is 31.5 Å². The fourth-order valence-electron chi connectivity index (χ4n) is 3.91. The average molecular weight is 317 g/mol. The molecule has 2 atom stereocenters. The van der Waals surface area contributed by atoms with E-state index in [4.69, 9.17) is 0 Å². The number of amides is 1. The summed E-state index contributed by atoms with van der Waals surface area (Å²) in [5.41, 5.74) is 0.598. The summed E-state index contributed by atoms with van der Waals surface area (Å²) in [7, 11) is 1.81. The van der Waals surface area contributed by atoms with Crippen molar-refractivity contribution >= 4 is 27.5 Å². The van der Waals surface area contributed by atoms with Crippen LogP contribution in [0.5, 0.6) is 0 Å². The fraction of sp³-hybridized carbons (Fsp3) is 0.562. The van der Waals surface area contributed by atoms with Crippen LogP contribution in [0, 0.1) is 17.8 Å². The van der Waals surface area contributed by atoms with Crippen molar-refractivity contribution in [2.45, 2.75) is 32.2 Å². The number of rotatable bonds is 3. The van der Waals surface area contributed by atoms with Crippen LogP contribution in [0.15, 0.2) is 16.2 Å². The molecule has 0 spiro atoms. The first-order valence-corrected chi connectivity index (χ1v) is 8.74. The molecule has 2 unspecified atom stereocenters. The summed E-state index contributed by atoms with van der Waals surface area (Å²) in [5.74, 6) is 2.20. The Hall–Kier alpha value is -1.69. The van der Waals surface area contributed by atoms with E-state index in [9.17, 15) is 9.59 Å². The van der Waals surface area contributed by atoms with Crippen molar-refractivity contribution in [2.24, 2.45) is 17.8 Å². The molecule has 2 fully saturated rings. The molecule has 1 amide bonds. The molecular formula is C16H19N3O2S. The van der Waals surface area contributed by atoms with E-state index in [1.807, 2.05) is 18.5 Å². The number of aromatic amines is 1. The smallest absolute Gasteiger partial charge is 0.268 e. The molecule has 2 saturated carbocycles. The van der Waals surface area contributed by atoms with E-state index < -0.39 is 0 Å². The van der Waals surface area contributed by atoms with Crippen molar-refractivity contribution in [2.75, 3.05) is 7.05 Å². The monoisotopic (exact) mass is 317 g/mol. The van der Waals surface area contributed by atoms with Crippen molar-refractivity contribution < 1.29 is 4.79 Å². The van der Waals surface area contributed by atoms with E-state index in [1.165, 1.54) is 37.0 Å². The Labute approximate surface area is 132 Å². The maximum Gasteiger partial charge on any atom is 0.268 e. The Bertz CT molecular complexity index is 769. The summed E-state index contributed by atoms with van der Waals surface area (Å²) in [6.07, 6.45) is 4.92. The minimum Gasteiger partial charge on any atom is -0.338 e. The van der Waals surface area contributed by atoms with Gasteiger partial charge in [-0.15, -0.1) is 11.3 Å². The van der Waals surface area contributed by atoms with Gasteiger partial charge in [-0.25, -0.2) is 4.98 Å². The maximum atomic E-state index is 12.6. The predicted molar refractivity (Wildman–Crippen MR) is 85.7 cm³/mol. The number of thiophene rings is 1. The Morgan fingerprint density at radius 1 is 1.41 bits per heavy atom. The highest BCUT2D eigenvalue weighted by Gasteiger charge is 2.55. The quantitative estimate of drug-likeness (QED) is 0.945. The van der Waals surface area contributed by atoms with Crippen LogP contribution in [-0.4, -0.2) is 27.8 Å². The average Bonchev–Trinajstić information content (AvgIpc) is 3.03. The van der Waals surface area contributed by atoms with Gasteiger partial charge in [-0.3, -0.25) is 9.59 Å². The van der Waals surface area contributed by atoms with Gasteiger partial charge in [-0.05, 0) is 36.1 Å². The van der Waals surface area contributed by atoms with Gasteiger partial charge in [0, 0.05) is 13.0 Å². The van der Waals surface area contributed by atoms with Crippen molar-refractivity contribution in [3.63, 3.8) is 0 Å². The van der Waals surface area contributed by atoms with Gasteiger partial charge in [-0.2, -0.15) is 0 Å². The molecule has 2 aromatic rings. The van der Waals surface area contributed by atoms with Gasteiger partial charge in [0.15, 0.2) is 0 Å². The largest absolute Gasteiger partial charge is 0.338 e. The summed E-state index contributed by atoms with van der Waals surface area (Å²) >= 11 is 1.39. The highest BCUT2D eigenvalue weighted by Crippen LogP contribution is 2.56. The fourth-order valence-corrected chi connectivity index (χ4v) is 4.64. The van der Waals surface area contributed by atoms with Crippen LogP contribution in [0.2, 0.25) is 0 Å². The Morgan fingerprint density at radius 3 is 2.86 bits per heavy atom. The number of H-pyrrole nitrogens is 1. The normalized spacial score (nSPS) is 26.7. The van der Waals surface area contributed by atoms with Crippen molar-refractivity contribution in [3.8, 4) is 0 Å². The van der Waals surface area contributed by atoms with Gasteiger partial charge in [-0.1, -0.05) is 12.8 Å². The van der Waals surface area contributed by atoms with E-state index in [2.05, 4.69) is 9.97 Å². The second-order valence-electron chi connectivity index (χ2n) is 6.48.